The van der Waals surface area contributed by atoms with E-state index >= 15 is 0 Å². The van der Waals surface area contributed by atoms with Crippen molar-refractivity contribution in [3.8, 4) is 0 Å². The number of fused-ring (bicyclic) bond motifs is 1. The Morgan fingerprint density at radius 2 is 2.17 bits per heavy atom. The molecule has 1 atom stereocenters. The summed E-state index contributed by atoms with van der Waals surface area (Å²) in [5, 5.41) is 6.92. The fourth-order valence-corrected chi connectivity index (χ4v) is 2.96. The number of rotatable bonds is 2. The van der Waals surface area contributed by atoms with Crippen LogP contribution in [-0.4, -0.2) is 12.5 Å². The van der Waals surface area contributed by atoms with Crippen LogP contribution >= 0.6 is 11.3 Å². The molecule has 3 rings (SSSR count). The zero-order valence-corrected chi connectivity index (χ0v) is 10.7. The Hall–Kier alpha value is -1.65. The van der Waals surface area contributed by atoms with E-state index in [1.807, 2.05) is 35.0 Å². The highest BCUT2D eigenvalue weighted by Gasteiger charge is 2.18. The summed E-state index contributed by atoms with van der Waals surface area (Å²) in [4.78, 5) is 11.8. The van der Waals surface area contributed by atoms with Crippen molar-refractivity contribution in [3.05, 3.63) is 57.3 Å². The molecule has 1 aliphatic rings. The highest BCUT2D eigenvalue weighted by molar-refractivity contribution is 7.08. The molecule has 2 aromatic rings. The van der Waals surface area contributed by atoms with Gasteiger partial charge in [-0.15, -0.1) is 0 Å². The number of hydrogen-bond donors (Lipinski definition) is 2. The molecular weight excluding hydrogens is 244 g/mol. The van der Waals surface area contributed by atoms with Gasteiger partial charge in [-0.3, -0.25) is 4.79 Å². The van der Waals surface area contributed by atoms with Crippen LogP contribution in [0.2, 0.25) is 0 Å². The van der Waals surface area contributed by atoms with Gasteiger partial charge in [-0.2, -0.15) is 11.3 Å². The third-order valence-corrected chi connectivity index (χ3v) is 4.02. The van der Waals surface area contributed by atoms with Crippen molar-refractivity contribution in [1.29, 1.82) is 0 Å². The van der Waals surface area contributed by atoms with Crippen LogP contribution in [0.3, 0.4) is 0 Å². The average Bonchev–Trinajstić information content (AvgIpc) is 2.92. The molecule has 1 unspecified atom stereocenters. The Balaban J connectivity index is 1.99. The lowest BCUT2D eigenvalue weighted by atomic mass is 9.94. The zero-order chi connectivity index (χ0) is 12.5. The number of amides is 1. The summed E-state index contributed by atoms with van der Waals surface area (Å²) in [6, 6.07) is 7.84. The molecule has 3 N–H and O–H groups in total. The summed E-state index contributed by atoms with van der Waals surface area (Å²) in [5.74, 6) is 0.00983. The average molecular weight is 258 g/mol. The molecule has 0 aliphatic carbocycles. The Labute approximate surface area is 110 Å². The maximum atomic E-state index is 11.8. The number of hydrogen-bond acceptors (Lipinski definition) is 3. The van der Waals surface area contributed by atoms with Crippen LogP contribution in [0, 0.1) is 0 Å². The number of thiophene rings is 1. The van der Waals surface area contributed by atoms with E-state index in [9.17, 15) is 4.79 Å². The summed E-state index contributed by atoms with van der Waals surface area (Å²) in [5.41, 5.74) is 10.2. The first-order valence-electron chi connectivity index (χ1n) is 5.94. The number of benzene rings is 1. The summed E-state index contributed by atoms with van der Waals surface area (Å²) in [7, 11) is 0. The molecule has 4 heteroatoms. The van der Waals surface area contributed by atoms with Crippen molar-refractivity contribution in [2.24, 2.45) is 5.73 Å². The largest absolute Gasteiger partial charge is 0.352 e. The van der Waals surface area contributed by atoms with E-state index in [0.29, 0.717) is 0 Å². The normalized spacial score (nSPS) is 15.9. The zero-order valence-electron chi connectivity index (χ0n) is 9.85. The van der Waals surface area contributed by atoms with E-state index in [2.05, 4.69) is 5.32 Å². The molecule has 0 spiro atoms. The third-order valence-electron chi connectivity index (χ3n) is 3.32. The molecule has 3 nitrogen and oxygen atoms in total. The lowest BCUT2D eigenvalue weighted by Crippen LogP contribution is -2.32. The Kier molecular flexibility index (Phi) is 2.89. The Morgan fingerprint density at radius 1 is 1.28 bits per heavy atom. The molecule has 0 radical (unpaired) electrons. The number of carbonyl (C=O) groups excluding carboxylic acids is 1. The Morgan fingerprint density at radius 3 is 2.94 bits per heavy atom. The highest BCUT2D eigenvalue weighted by atomic mass is 32.1. The van der Waals surface area contributed by atoms with Crippen LogP contribution in [0.15, 0.2) is 35.0 Å². The van der Waals surface area contributed by atoms with Crippen LogP contribution in [0.25, 0.3) is 0 Å². The quantitative estimate of drug-likeness (QED) is 0.866. The smallest absolute Gasteiger partial charge is 0.251 e. The van der Waals surface area contributed by atoms with Crippen molar-refractivity contribution < 1.29 is 4.79 Å². The van der Waals surface area contributed by atoms with E-state index < -0.39 is 0 Å². The molecule has 1 amide bonds. The SMILES string of the molecule is NC(c1ccsc1)c1ccc2c(c1)C(=O)NCC2. The second-order valence-electron chi connectivity index (χ2n) is 4.46. The van der Waals surface area contributed by atoms with Crippen LogP contribution in [0.4, 0.5) is 0 Å². The van der Waals surface area contributed by atoms with Crippen molar-refractivity contribution >= 4 is 17.2 Å². The van der Waals surface area contributed by atoms with E-state index in [1.54, 1.807) is 11.3 Å². The lowest BCUT2D eigenvalue weighted by Gasteiger charge is -2.19. The number of nitrogens with two attached hydrogens (primary N) is 1. The minimum atomic E-state index is -0.156. The van der Waals surface area contributed by atoms with Crippen molar-refractivity contribution in [2.45, 2.75) is 12.5 Å². The van der Waals surface area contributed by atoms with Gasteiger partial charge in [0.1, 0.15) is 0 Å². The van der Waals surface area contributed by atoms with E-state index in [-0.39, 0.29) is 11.9 Å². The van der Waals surface area contributed by atoms with E-state index in [0.717, 1.165) is 35.2 Å². The number of nitrogens with one attached hydrogen (secondary N) is 1. The monoisotopic (exact) mass is 258 g/mol. The van der Waals surface area contributed by atoms with Gasteiger partial charge in [0, 0.05) is 12.1 Å². The van der Waals surface area contributed by atoms with Gasteiger partial charge in [0.2, 0.25) is 0 Å². The predicted octanol–water partition coefficient (Wildman–Crippen LogP) is 2.08. The minimum absolute atomic E-state index is 0.00983. The van der Waals surface area contributed by atoms with Crippen molar-refractivity contribution in [2.75, 3.05) is 6.54 Å². The van der Waals surface area contributed by atoms with E-state index in [1.165, 1.54) is 0 Å². The van der Waals surface area contributed by atoms with Gasteiger partial charge in [0.25, 0.3) is 5.91 Å². The molecule has 2 heterocycles. The summed E-state index contributed by atoms with van der Waals surface area (Å²) in [6.45, 7) is 0.724. The van der Waals surface area contributed by atoms with Gasteiger partial charge < -0.3 is 11.1 Å². The van der Waals surface area contributed by atoms with Crippen LogP contribution in [-0.2, 0) is 6.42 Å². The highest BCUT2D eigenvalue weighted by Crippen LogP contribution is 2.25. The second kappa shape index (κ2) is 4.55. The van der Waals surface area contributed by atoms with E-state index in [4.69, 9.17) is 5.73 Å². The number of carbonyl (C=O) groups is 1. The van der Waals surface area contributed by atoms with Gasteiger partial charge in [0.05, 0.1) is 6.04 Å². The molecule has 0 bridgehead atoms. The first kappa shape index (κ1) is 11.4. The summed E-state index contributed by atoms with van der Waals surface area (Å²) >= 11 is 1.63. The minimum Gasteiger partial charge on any atom is -0.352 e. The molecule has 1 aromatic heterocycles. The van der Waals surface area contributed by atoms with Crippen LogP contribution in [0.5, 0.6) is 0 Å². The maximum absolute atomic E-state index is 11.8. The molecule has 92 valence electrons. The fourth-order valence-electron chi connectivity index (χ4n) is 2.27. The van der Waals surface area contributed by atoms with Gasteiger partial charge in [-0.25, -0.2) is 0 Å². The van der Waals surface area contributed by atoms with Gasteiger partial charge in [0.15, 0.2) is 0 Å². The van der Waals surface area contributed by atoms with Crippen LogP contribution < -0.4 is 11.1 Å². The molecule has 18 heavy (non-hydrogen) atoms. The molecule has 1 aliphatic heterocycles. The van der Waals surface area contributed by atoms with Gasteiger partial charge in [-0.1, -0.05) is 12.1 Å². The van der Waals surface area contributed by atoms with Crippen molar-refractivity contribution in [1.82, 2.24) is 5.32 Å². The van der Waals surface area contributed by atoms with Gasteiger partial charge >= 0.3 is 0 Å². The molecule has 0 saturated heterocycles. The maximum Gasteiger partial charge on any atom is 0.251 e. The van der Waals surface area contributed by atoms with Crippen LogP contribution in [0.1, 0.15) is 33.1 Å². The predicted molar refractivity (Wildman–Crippen MR) is 72.8 cm³/mol. The Bertz CT molecular complexity index is 577. The first-order chi connectivity index (χ1) is 8.75. The lowest BCUT2D eigenvalue weighted by molar-refractivity contribution is 0.0946. The standard InChI is InChI=1S/C14H14N2OS/c15-13(11-4-6-18-8-11)10-2-1-9-3-5-16-14(17)12(9)7-10/h1-2,4,6-8,13H,3,5,15H2,(H,16,17). The topological polar surface area (TPSA) is 55.1 Å². The van der Waals surface area contributed by atoms with Gasteiger partial charge in [-0.05, 0) is 46.0 Å². The molecule has 1 aromatic carbocycles. The summed E-state index contributed by atoms with van der Waals surface area (Å²) < 4.78 is 0. The molecule has 0 fully saturated rings. The molecular formula is C14H14N2OS. The summed E-state index contributed by atoms with van der Waals surface area (Å²) in [6.07, 6.45) is 0.898. The fraction of sp³-hybridized carbons (Fsp3) is 0.214. The van der Waals surface area contributed by atoms with Crippen molar-refractivity contribution in [3.63, 3.8) is 0 Å². The third kappa shape index (κ3) is 1.94. The second-order valence-corrected chi connectivity index (χ2v) is 5.24. The molecule has 0 saturated carbocycles. The first-order valence-corrected chi connectivity index (χ1v) is 6.88.